The summed E-state index contributed by atoms with van der Waals surface area (Å²) in [6.07, 6.45) is 0.621. The number of ketones is 1. The van der Waals surface area contributed by atoms with Crippen LogP contribution in [0.1, 0.15) is 37.4 Å². The van der Waals surface area contributed by atoms with E-state index in [2.05, 4.69) is 0 Å². The van der Waals surface area contributed by atoms with Gasteiger partial charge in [0.25, 0.3) is 11.7 Å². The third kappa shape index (κ3) is 4.08. The fourth-order valence-corrected chi connectivity index (χ4v) is 3.81. The molecule has 8 nitrogen and oxygen atoms in total. The van der Waals surface area contributed by atoms with Crippen LogP contribution in [0.2, 0.25) is 0 Å². The molecule has 0 unspecified atom stereocenters. The lowest BCUT2D eigenvalue weighted by atomic mass is 9.94. The Morgan fingerprint density at radius 1 is 1.00 bits per heavy atom. The van der Waals surface area contributed by atoms with Gasteiger partial charge in [0, 0.05) is 12.1 Å². The Hall–Kier alpha value is -3.68. The van der Waals surface area contributed by atoms with Crippen molar-refractivity contribution in [1.29, 1.82) is 0 Å². The molecule has 0 aliphatic carbocycles. The first-order valence-electron chi connectivity index (χ1n) is 10.3. The first-order valence-corrected chi connectivity index (χ1v) is 10.3. The second kappa shape index (κ2) is 9.64. The van der Waals surface area contributed by atoms with E-state index in [0.717, 1.165) is 0 Å². The van der Waals surface area contributed by atoms with Gasteiger partial charge in [-0.1, -0.05) is 13.0 Å². The highest BCUT2D eigenvalue weighted by Crippen LogP contribution is 2.42. The zero-order valence-corrected chi connectivity index (χ0v) is 18.5. The second-order valence-corrected chi connectivity index (χ2v) is 7.22. The lowest BCUT2D eigenvalue weighted by molar-refractivity contribution is -0.139. The van der Waals surface area contributed by atoms with Crippen molar-refractivity contribution in [3.05, 3.63) is 53.1 Å². The minimum atomic E-state index is -0.831. The van der Waals surface area contributed by atoms with Gasteiger partial charge in [0.2, 0.25) is 0 Å². The molecule has 0 radical (unpaired) electrons. The average Bonchev–Trinajstić information content (AvgIpc) is 3.05. The van der Waals surface area contributed by atoms with Crippen LogP contribution in [-0.4, -0.2) is 54.2 Å². The number of amides is 1. The number of rotatable bonds is 8. The average molecular weight is 441 g/mol. The first kappa shape index (κ1) is 23.0. The molecule has 1 aliphatic heterocycles. The molecule has 32 heavy (non-hydrogen) atoms. The number of ether oxygens (including phenoxy) is 3. The normalized spacial score (nSPS) is 17.5. The number of Topliss-reactive ketones (excluding diaryl/α,β-unsaturated/α-hetero) is 1. The van der Waals surface area contributed by atoms with Crippen LogP contribution >= 0.6 is 0 Å². The topological polar surface area (TPSA) is 106 Å². The monoisotopic (exact) mass is 441 g/mol. The van der Waals surface area contributed by atoms with E-state index in [-0.39, 0.29) is 22.8 Å². The highest BCUT2D eigenvalue weighted by atomic mass is 16.5. The zero-order chi connectivity index (χ0) is 23.4. The molecule has 1 atom stereocenters. The highest BCUT2D eigenvalue weighted by Gasteiger charge is 2.46. The summed E-state index contributed by atoms with van der Waals surface area (Å²) in [7, 11) is 2.96. The minimum Gasteiger partial charge on any atom is -0.507 e. The van der Waals surface area contributed by atoms with Crippen LogP contribution in [0.3, 0.4) is 0 Å². The quantitative estimate of drug-likeness (QED) is 0.366. The van der Waals surface area contributed by atoms with E-state index in [4.69, 9.17) is 14.2 Å². The first-order chi connectivity index (χ1) is 15.4. The summed E-state index contributed by atoms with van der Waals surface area (Å²) in [5.74, 6) is -0.766. The van der Waals surface area contributed by atoms with Crippen molar-refractivity contribution < 1.29 is 34.0 Å². The maximum Gasteiger partial charge on any atom is 0.295 e. The molecule has 1 fully saturated rings. The van der Waals surface area contributed by atoms with Gasteiger partial charge < -0.3 is 29.3 Å². The lowest BCUT2D eigenvalue weighted by Crippen LogP contribution is -2.30. The van der Waals surface area contributed by atoms with E-state index in [1.807, 2.05) is 6.92 Å². The number of likely N-dealkylation sites (tertiary alicyclic amines) is 1. The van der Waals surface area contributed by atoms with Crippen LogP contribution in [0.15, 0.2) is 42.0 Å². The molecule has 8 heteroatoms. The number of nitrogens with zero attached hydrogens (tertiary/aromatic N) is 1. The molecule has 1 heterocycles. The van der Waals surface area contributed by atoms with Crippen LogP contribution in [0, 0.1) is 0 Å². The number of benzene rings is 2. The molecular weight excluding hydrogens is 414 g/mol. The van der Waals surface area contributed by atoms with E-state index in [1.54, 1.807) is 37.3 Å². The Bertz CT molecular complexity index is 1060. The molecule has 1 saturated heterocycles. The van der Waals surface area contributed by atoms with Gasteiger partial charge in [-0.2, -0.15) is 0 Å². The summed E-state index contributed by atoms with van der Waals surface area (Å²) in [6.45, 7) is 4.33. The molecule has 1 amide bonds. The van der Waals surface area contributed by atoms with Crippen LogP contribution in [0.4, 0.5) is 0 Å². The zero-order valence-electron chi connectivity index (χ0n) is 18.5. The molecule has 3 rings (SSSR count). The largest absolute Gasteiger partial charge is 0.507 e. The van der Waals surface area contributed by atoms with Crippen molar-refractivity contribution in [2.24, 2.45) is 0 Å². The second-order valence-electron chi connectivity index (χ2n) is 7.22. The molecule has 2 aromatic carbocycles. The van der Waals surface area contributed by atoms with Gasteiger partial charge in [0.15, 0.2) is 23.0 Å². The number of aliphatic hydroxyl groups is 1. The smallest absolute Gasteiger partial charge is 0.295 e. The number of aliphatic hydroxyl groups excluding tert-OH is 1. The van der Waals surface area contributed by atoms with E-state index in [0.29, 0.717) is 42.2 Å². The molecule has 170 valence electrons. The third-order valence-corrected chi connectivity index (χ3v) is 5.26. The van der Waals surface area contributed by atoms with Crippen molar-refractivity contribution in [2.75, 3.05) is 27.4 Å². The van der Waals surface area contributed by atoms with Crippen molar-refractivity contribution in [3.8, 4) is 23.0 Å². The summed E-state index contributed by atoms with van der Waals surface area (Å²) in [5.41, 5.74) is 0.815. The summed E-state index contributed by atoms with van der Waals surface area (Å²) >= 11 is 0. The van der Waals surface area contributed by atoms with Gasteiger partial charge >= 0.3 is 0 Å². The number of hydrogen-bond donors (Lipinski definition) is 2. The number of phenolic OH excluding ortho intramolecular Hbond substituents is 1. The Balaban J connectivity index is 2.20. The van der Waals surface area contributed by atoms with E-state index >= 15 is 0 Å². The Morgan fingerprint density at radius 3 is 2.34 bits per heavy atom. The number of hydrogen-bond acceptors (Lipinski definition) is 7. The van der Waals surface area contributed by atoms with Crippen molar-refractivity contribution in [2.45, 2.75) is 26.3 Å². The van der Waals surface area contributed by atoms with Crippen molar-refractivity contribution >= 4 is 17.4 Å². The molecule has 1 aliphatic rings. The Kier molecular flexibility index (Phi) is 6.92. The van der Waals surface area contributed by atoms with Crippen LogP contribution in [0.5, 0.6) is 23.0 Å². The predicted molar refractivity (Wildman–Crippen MR) is 118 cm³/mol. The van der Waals surface area contributed by atoms with E-state index < -0.39 is 17.7 Å². The molecule has 0 saturated carbocycles. The lowest BCUT2D eigenvalue weighted by Gasteiger charge is -2.25. The third-order valence-electron chi connectivity index (χ3n) is 5.26. The van der Waals surface area contributed by atoms with Crippen LogP contribution in [0.25, 0.3) is 5.76 Å². The molecule has 0 bridgehead atoms. The fourth-order valence-electron chi connectivity index (χ4n) is 3.81. The summed E-state index contributed by atoms with van der Waals surface area (Å²) < 4.78 is 16.0. The molecule has 0 aromatic heterocycles. The Labute approximate surface area is 186 Å². The standard InChI is InChI=1S/C24H27NO7/c1-5-11-25-21(14-7-9-16(26)18(12-14)32-6-2)20(23(28)24(25)29)22(27)15-8-10-17(30-3)19(13-15)31-4/h7-10,12-13,21,26-27H,5-6,11H2,1-4H3/t21-/m0/s1. The molecule has 2 aromatic rings. The van der Waals surface area contributed by atoms with Crippen molar-refractivity contribution in [1.82, 2.24) is 4.90 Å². The van der Waals surface area contributed by atoms with Gasteiger partial charge in [-0.15, -0.1) is 0 Å². The number of phenols is 1. The summed E-state index contributed by atoms with van der Waals surface area (Å²) in [6, 6.07) is 8.55. The van der Waals surface area contributed by atoms with Gasteiger partial charge in [0.05, 0.1) is 32.4 Å². The van der Waals surface area contributed by atoms with Crippen LogP contribution < -0.4 is 14.2 Å². The summed E-state index contributed by atoms with van der Waals surface area (Å²) in [4.78, 5) is 27.3. The minimum absolute atomic E-state index is 0.0381. The van der Waals surface area contributed by atoms with Gasteiger partial charge in [-0.05, 0) is 49.2 Å². The SMILES string of the molecule is CCCN1C(=O)C(=O)C(=C(O)c2ccc(OC)c(OC)c2)[C@@H]1c1ccc(O)c(OCC)c1. The van der Waals surface area contributed by atoms with Crippen LogP contribution in [-0.2, 0) is 9.59 Å². The summed E-state index contributed by atoms with van der Waals surface area (Å²) in [5, 5.41) is 21.2. The van der Waals surface area contributed by atoms with E-state index in [9.17, 15) is 19.8 Å². The van der Waals surface area contributed by atoms with Gasteiger partial charge in [0.1, 0.15) is 5.76 Å². The van der Waals surface area contributed by atoms with Crippen molar-refractivity contribution in [3.63, 3.8) is 0 Å². The fraction of sp³-hybridized carbons (Fsp3) is 0.333. The van der Waals surface area contributed by atoms with Gasteiger partial charge in [-0.3, -0.25) is 9.59 Å². The maximum atomic E-state index is 13.0. The number of carbonyl (C=O) groups is 2. The molecule has 2 N–H and O–H groups in total. The van der Waals surface area contributed by atoms with E-state index in [1.165, 1.54) is 25.2 Å². The van der Waals surface area contributed by atoms with Gasteiger partial charge in [-0.25, -0.2) is 0 Å². The molecular formula is C24H27NO7. The predicted octanol–water partition coefficient (Wildman–Crippen LogP) is 3.64. The number of carbonyl (C=O) groups excluding carboxylic acids is 2. The number of aromatic hydroxyl groups is 1. The maximum absolute atomic E-state index is 13.0. The molecule has 0 spiro atoms. The highest BCUT2D eigenvalue weighted by molar-refractivity contribution is 6.46. The Morgan fingerprint density at radius 2 is 1.72 bits per heavy atom. The number of methoxy groups -OCH3 is 2.